The van der Waals surface area contributed by atoms with Gasteiger partial charge in [-0.25, -0.2) is 0 Å². The van der Waals surface area contributed by atoms with Gasteiger partial charge in [0.15, 0.2) is 0 Å². The van der Waals surface area contributed by atoms with E-state index in [-0.39, 0.29) is 18.6 Å². The van der Waals surface area contributed by atoms with Crippen molar-refractivity contribution in [2.24, 2.45) is 0 Å². The van der Waals surface area contributed by atoms with Gasteiger partial charge in [-0.05, 0) is 31.0 Å². The van der Waals surface area contributed by atoms with Gasteiger partial charge in [0.25, 0.3) is 0 Å². The van der Waals surface area contributed by atoms with Crippen LogP contribution >= 0.6 is 11.6 Å². The Morgan fingerprint density at radius 1 is 1.18 bits per heavy atom. The molecule has 0 saturated carbocycles. The Kier molecular flexibility index (Phi) is 9.17. The molecule has 0 aliphatic carbocycles. The lowest BCUT2D eigenvalue weighted by Crippen LogP contribution is -2.17. The molecule has 1 aromatic carbocycles. The average Bonchev–Trinajstić information content (AvgIpc) is 2.46. The van der Waals surface area contributed by atoms with Gasteiger partial charge < -0.3 is 9.84 Å². The fourth-order valence-corrected chi connectivity index (χ4v) is 2.62. The maximum atomic E-state index is 10.8. The van der Waals surface area contributed by atoms with Crippen LogP contribution in [0.4, 0.5) is 0 Å². The fraction of sp³-hybridized carbons (Fsp3) is 0.611. The van der Waals surface area contributed by atoms with Gasteiger partial charge in [0.1, 0.15) is 0 Å². The molecule has 0 bridgehead atoms. The molecule has 0 aromatic heterocycles. The molecule has 22 heavy (non-hydrogen) atoms. The van der Waals surface area contributed by atoms with Crippen LogP contribution in [-0.4, -0.2) is 17.2 Å². The molecule has 3 nitrogen and oxygen atoms in total. The Balaban J connectivity index is 2.59. The van der Waals surface area contributed by atoms with Crippen molar-refractivity contribution in [3.05, 3.63) is 34.9 Å². The van der Waals surface area contributed by atoms with Gasteiger partial charge in [0, 0.05) is 5.02 Å². The number of hydrogen-bond acceptors (Lipinski definition) is 2. The summed E-state index contributed by atoms with van der Waals surface area (Å²) in [5.41, 5.74) is 1.07. The van der Waals surface area contributed by atoms with E-state index in [2.05, 4.69) is 6.92 Å². The Morgan fingerprint density at radius 3 is 2.41 bits per heavy atom. The van der Waals surface area contributed by atoms with Gasteiger partial charge >= 0.3 is 5.97 Å². The minimum Gasteiger partial charge on any atom is -0.481 e. The van der Waals surface area contributed by atoms with E-state index in [4.69, 9.17) is 21.4 Å². The number of rotatable bonds is 11. The van der Waals surface area contributed by atoms with Gasteiger partial charge in [-0.3, -0.25) is 4.79 Å². The van der Waals surface area contributed by atoms with Crippen molar-refractivity contribution in [2.45, 2.75) is 71.0 Å². The van der Waals surface area contributed by atoms with Gasteiger partial charge in [-0.1, -0.05) is 62.8 Å². The van der Waals surface area contributed by atoms with Crippen LogP contribution in [0.3, 0.4) is 0 Å². The standard InChI is InChI=1S/C18H27ClO3/c1-3-4-5-6-7-8-17(22-14(2)13-18(20)21)15-9-11-16(19)12-10-15/h9-12,14,17H,3-8,13H2,1-2H3,(H,20,21). The zero-order valence-corrected chi connectivity index (χ0v) is 14.3. The summed E-state index contributed by atoms with van der Waals surface area (Å²) in [6.45, 7) is 4.02. The third-order valence-corrected chi connectivity index (χ3v) is 3.92. The molecular formula is C18H27ClO3. The first-order valence-corrected chi connectivity index (χ1v) is 8.53. The third-order valence-electron chi connectivity index (χ3n) is 3.67. The van der Waals surface area contributed by atoms with Crippen molar-refractivity contribution in [1.82, 2.24) is 0 Å². The zero-order valence-electron chi connectivity index (χ0n) is 13.6. The highest BCUT2D eigenvalue weighted by atomic mass is 35.5. The number of ether oxygens (including phenoxy) is 1. The second-order valence-corrected chi connectivity index (χ2v) is 6.22. The maximum absolute atomic E-state index is 10.8. The predicted molar refractivity (Wildman–Crippen MR) is 90.4 cm³/mol. The van der Waals surface area contributed by atoms with Crippen LogP contribution in [0.15, 0.2) is 24.3 Å². The Morgan fingerprint density at radius 2 is 1.82 bits per heavy atom. The van der Waals surface area contributed by atoms with Crippen molar-refractivity contribution in [3.8, 4) is 0 Å². The van der Waals surface area contributed by atoms with Crippen LogP contribution in [-0.2, 0) is 9.53 Å². The van der Waals surface area contributed by atoms with Crippen LogP contribution in [0.2, 0.25) is 5.02 Å². The highest BCUT2D eigenvalue weighted by molar-refractivity contribution is 6.30. The molecular weight excluding hydrogens is 300 g/mol. The topological polar surface area (TPSA) is 46.5 Å². The number of carboxylic acid groups (broad SMARTS) is 1. The zero-order chi connectivity index (χ0) is 16.4. The quantitative estimate of drug-likeness (QED) is 0.537. The molecule has 0 spiro atoms. The Hall–Kier alpha value is -1.06. The highest BCUT2D eigenvalue weighted by Crippen LogP contribution is 2.27. The van der Waals surface area contributed by atoms with E-state index in [0.717, 1.165) is 18.4 Å². The van der Waals surface area contributed by atoms with Crippen LogP contribution in [0.1, 0.15) is 70.5 Å². The van der Waals surface area contributed by atoms with Crippen molar-refractivity contribution >= 4 is 17.6 Å². The number of halogens is 1. The second kappa shape index (κ2) is 10.6. The first-order chi connectivity index (χ1) is 10.5. The number of carbonyl (C=O) groups is 1. The Labute approximate surface area is 138 Å². The maximum Gasteiger partial charge on any atom is 0.305 e. The van der Waals surface area contributed by atoms with Gasteiger partial charge in [-0.2, -0.15) is 0 Å². The number of hydrogen-bond donors (Lipinski definition) is 1. The van der Waals surface area contributed by atoms with Crippen molar-refractivity contribution in [3.63, 3.8) is 0 Å². The summed E-state index contributed by atoms with van der Waals surface area (Å²) >= 11 is 5.93. The first-order valence-electron chi connectivity index (χ1n) is 8.15. The first kappa shape index (κ1) is 19.0. The molecule has 124 valence electrons. The molecule has 4 heteroatoms. The Bertz CT molecular complexity index is 430. The monoisotopic (exact) mass is 326 g/mol. The van der Waals surface area contributed by atoms with Crippen LogP contribution in [0, 0.1) is 0 Å². The van der Waals surface area contributed by atoms with Crippen LogP contribution in [0.5, 0.6) is 0 Å². The molecule has 0 amide bonds. The van der Waals surface area contributed by atoms with E-state index in [1.54, 1.807) is 0 Å². The van der Waals surface area contributed by atoms with E-state index in [1.807, 2.05) is 31.2 Å². The molecule has 0 fully saturated rings. The van der Waals surface area contributed by atoms with Crippen LogP contribution < -0.4 is 0 Å². The lowest BCUT2D eigenvalue weighted by molar-refractivity contribution is -0.141. The number of carboxylic acids is 1. The van der Waals surface area contributed by atoms with Crippen molar-refractivity contribution in [2.75, 3.05) is 0 Å². The van der Waals surface area contributed by atoms with Crippen LogP contribution in [0.25, 0.3) is 0 Å². The van der Waals surface area contributed by atoms with Crippen molar-refractivity contribution < 1.29 is 14.6 Å². The summed E-state index contributed by atoms with van der Waals surface area (Å²) in [6.07, 6.45) is 6.60. The molecule has 2 unspecified atom stereocenters. The van der Waals surface area contributed by atoms with E-state index in [0.29, 0.717) is 5.02 Å². The molecule has 1 N–H and O–H groups in total. The predicted octanol–water partition coefficient (Wildman–Crippen LogP) is 5.62. The highest BCUT2D eigenvalue weighted by Gasteiger charge is 2.17. The second-order valence-electron chi connectivity index (χ2n) is 5.79. The van der Waals surface area contributed by atoms with Crippen molar-refractivity contribution in [1.29, 1.82) is 0 Å². The lowest BCUT2D eigenvalue weighted by atomic mass is 10.0. The van der Waals surface area contributed by atoms with Gasteiger partial charge in [-0.15, -0.1) is 0 Å². The molecule has 1 rings (SSSR count). The molecule has 0 aliphatic heterocycles. The van der Waals surface area contributed by atoms with E-state index < -0.39 is 5.97 Å². The number of unbranched alkanes of at least 4 members (excludes halogenated alkanes) is 4. The largest absolute Gasteiger partial charge is 0.481 e. The molecule has 0 saturated heterocycles. The smallest absolute Gasteiger partial charge is 0.305 e. The fourth-order valence-electron chi connectivity index (χ4n) is 2.50. The summed E-state index contributed by atoms with van der Waals surface area (Å²) in [5.74, 6) is -0.828. The third kappa shape index (κ3) is 7.81. The molecule has 0 aliphatic rings. The van der Waals surface area contributed by atoms with E-state index in [9.17, 15) is 4.79 Å². The van der Waals surface area contributed by atoms with E-state index in [1.165, 1.54) is 25.7 Å². The summed E-state index contributed by atoms with van der Waals surface area (Å²) < 4.78 is 5.97. The van der Waals surface area contributed by atoms with Gasteiger partial charge in [0.05, 0.1) is 18.6 Å². The number of aliphatic carboxylic acids is 1. The van der Waals surface area contributed by atoms with E-state index >= 15 is 0 Å². The lowest BCUT2D eigenvalue weighted by Gasteiger charge is -2.22. The molecule has 0 heterocycles. The normalized spacial score (nSPS) is 13.8. The molecule has 2 atom stereocenters. The summed E-state index contributed by atoms with van der Waals surface area (Å²) in [4.78, 5) is 10.8. The average molecular weight is 327 g/mol. The van der Waals surface area contributed by atoms with Gasteiger partial charge in [0.2, 0.25) is 0 Å². The minimum absolute atomic E-state index is 0.0277. The minimum atomic E-state index is -0.828. The SMILES string of the molecule is CCCCCCCC(OC(C)CC(=O)O)c1ccc(Cl)cc1. The summed E-state index contributed by atoms with van der Waals surface area (Å²) in [7, 11) is 0. The molecule has 0 radical (unpaired) electrons. The summed E-state index contributed by atoms with van der Waals surface area (Å²) in [6, 6.07) is 7.64. The number of benzene rings is 1. The molecule has 1 aromatic rings. The summed E-state index contributed by atoms with van der Waals surface area (Å²) in [5, 5.41) is 9.58.